The lowest BCUT2D eigenvalue weighted by Crippen LogP contribution is -2.05. The summed E-state index contributed by atoms with van der Waals surface area (Å²) in [6.07, 6.45) is 1.86. The van der Waals surface area contributed by atoms with Gasteiger partial charge in [0, 0.05) is 17.3 Å². The van der Waals surface area contributed by atoms with Gasteiger partial charge in [-0.1, -0.05) is 58.0 Å². The molecule has 21 heavy (non-hydrogen) atoms. The Morgan fingerprint density at radius 3 is 1.90 bits per heavy atom. The zero-order valence-corrected chi connectivity index (χ0v) is 13.5. The van der Waals surface area contributed by atoms with Crippen LogP contribution in [0, 0.1) is 5.82 Å². The minimum atomic E-state index is -1.51. The highest BCUT2D eigenvalue weighted by Gasteiger charge is 2.26. The zero-order valence-electron chi connectivity index (χ0n) is 9.73. The van der Waals surface area contributed by atoms with Crippen molar-refractivity contribution >= 4 is 64.0 Å². The number of carboxylic acids is 1. The summed E-state index contributed by atoms with van der Waals surface area (Å²) in [5.41, 5.74) is -0.858. The molecule has 3 nitrogen and oxygen atoms in total. The van der Waals surface area contributed by atoms with Crippen molar-refractivity contribution in [2.24, 2.45) is 0 Å². The van der Waals surface area contributed by atoms with Crippen molar-refractivity contribution in [3.05, 3.63) is 48.9 Å². The normalized spacial score (nSPS) is 10.8. The van der Waals surface area contributed by atoms with Gasteiger partial charge in [-0.05, 0) is 0 Å². The van der Waals surface area contributed by atoms with E-state index < -0.39 is 17.3 Å². The van der Waals surface area contributed by atoms with Gasteiger partial charge in [0.05, 0.1) is 31.3 Å². The molecule has 0 aliphatic carbocycles. The predicted octanol–water partition coefficient (Wildman–Crippen LogP) is 5.85. The maximum absolute atomic E-state index is 13.7. The van der Waals surface area contributed by atoms with Gasteiger partial charge in [-0.25, -0.2) is 9.18 Å². The van der Waals surface area contributed by atoms with Gasteiger partial charge in [0.15, 0.2) is 5.82 Å². The van der Waals surface area contributed by atoms with E-state index in [9.17, 15) is 9.18 Å². The standard InChI is InChI=1S/C12H3Cl5FNO2/c13-7-6(8(14)10(16)11(17)9(7)15)3-1-19-2-4(18)5(3)12(20)21/h1-2H,(H,20,21). The Labute approximate surface area is 143 Å². The predicted molar refractivity (Wildman–Crippen MR) is 81.6 cm³/mol. The van der Waals surface area contributed by atoms with Crippen molar-refractivity contribution < 1.29 is 14.3 Å². The molecule has 1 aromatic carbocycles. The fourth-order valence-corrected chi connectivity index (χ4v) is 3.03. The molecular weight excluding hydrogens is 386 g/mol. The first-order valence-corrected chi connectivity index (χ1v) is 7.05. The molecule has 0 aliphatic heterocycles. The van der Waals surface area contributed by atoms with E-state index >= 15 is 0 Å². The molecule has 0 atom stereocenters. The number of halogens is 6. The highest BCUT2D eigenvalue weighted by atomic mass is 35.5. The van der Waals surface area contributed by atoms with E-state index in [1.165, 1.54) is 0 Å². The van der Waals surface area contributed by atoms with E-state index in [0.29, 0.717) is 0 Å². The summed E-state index contributed by atoms with van der Waals surface area (Å²) >= 11 is 29.7. The van der Waals surface area contributed by atoms with Crippen LogP contribution in [-0.2, 0) is 0 Å². The summed E-state index contributed by atoms with van der Waals surface area (Å²) in [6.45, 7) is 0. The molecule has 2 rings (SSSR count). The Morgan fingerprint density at radius 1 is 0.952 bits per heavy atom. The number of benzene rings is 1. The number of rotatable bonds is 2. The van der Waals surface area contributed by atoms with Crippen LogP contribution in [-0.4, -0.2) is 16.1 Å². The third-order valence-electron chi connectivity index (χ3n) is 2.59. The van der Waals surface area contributed by atoms with Crippen molar-refractivity contribution in [3.63, 3.8) is 0 Å². The molecule has 0 saturated carbocycles. The van der Waals surface area contributed by atoms with E-state index in [-0.39, 0.29) is 36.2 Å². The second kappa shape index (κ2) is 6.15. The molecule has 0 spiro atoms. The Kier molecular flexibility index (Phi) is 4.85. The summed E-state index contributed by atoms with van der Waals surface area (Å²) in [5.74, 6) is -2.56. The molecule has 1 aromatic heterocycles. The Balaban J connectivity index is 2.93. The number of hydrogen-bond donors (Lipinski definition) is 1. The van der Waals surface area contributed by atoms with Gasteiger partial charge in [0.1, 0.15) is 5.56 Å². The monoisotopic (exact) mass is 387 g/mol. The van der Waals surface area contributed by atoms with Gasteiger partial charge in [-0.15, -0.1) is 0 Å². The summed E-state index contributed by atoms with van der Waals surface area (Å²) in [7, 11) is 0. The highest BCUT2D eigenvalue weighted by molar-refractivity contribution is 6.56. The Hall–Kier alpha value is -0.780. The number of aromatic nitrogens is 1. The van der Waals surface area contributed by atoms with Crippen molar-refractivity contribution in [2.75, 3.05) is 0 Å². The molecule has 1 N–H and O–H groups in total. The number of pyridine rings is 1. The second-order valence-corrected chi connectivity index (χ2v) is 5.68. The van der Waals surface area contributed by atoms with Gasteiger partial charge in [-0.2, -0.15) is 0 Å². The fraction of sp³-hybridized carbons (Fsp3) is 0. The second-order valence-electron chi connectivity index (χ2n) is 3.79. The minimum absolute atomic E-state index is 0.0536. The van der Waals surface area contributed by atoms with Crippen LogP contribution in [0.3, 0.4) is 0 Å². The first kappa shape index (κ1) is 16.6. The number of hydrogen-bond acceptors (Lipinski definition) is 2. The molecule has 9 heteroatoms. The topological polar surface area (TPSA) is 50.2 Å². The minimum Gasteiger partial charge on any atom is -0.478 e. The third kappa shape index (κ3) is 2.79. The van der Waals surface area contributed by atoms with Crippen molar-refractivity contribution in [1.82, 2.24) is 4.98 Å². The van der Waals surface area contributed by atoms with Crippen LogP contribution >= 0.6 is 58.0 Å². The van der Waals surface area contributed by atoms with Gasteiger partial charge >= 0.3 is 5.97 Å². The molecule has 0 bridgehead atoms. The van der Waals surface area contributed by atoms with Gasteiger partial charge in [0.2, 0.25) is 0 Å². The number of carboxylic acid groups (broad SMARTS) is 1. The molecule has 0 amide bonds. The van der Waals surface area contributed by atoms with Crippen LogP contribution in [0.4, 0.5) is 4.39 Å². The van der Waals surface area contributed by atoms with Crippen LogP contribution < -0.4 is 0 Å². The molecule has 0 unspecified atom stereocenters. The van der Waals surface area contributed by atoms with Crippen LogP contribution in [0.1, 0.15) is 10.4 Å². The summed E-state index contributed by atoms with van der Waals surface area (Å²) in [5, 5.41) is 8.51. The molecule has 2 aromatic rings. The number of aromatic carboxylic acids is 1. The average molecular weight is 389 g/mol. The lowest BCUT2D eigenvalue weighted by atomic mass is 10.0. The quantitative estimate of drug-likeness (QED) is 0.517. The SMILES string of the molecule is O=C(O)c1c(F)cncc1-c1c(Cl)c(Cl)c(Cl)c(Cl)c1Cl. The van der Waals surface area contributed by atoms with Gasteiger partial charge in [0.25, 0.3) is 0 Å². The molecule has 0 fully saturated rings. The van der Waals surface area contributed by atoms with Crippen molar-refractivity contribution in [3.8, 4) is 11.1 Å². The first-order chi connectivity index (χ1) is 9.77. The van der Waals surface area contributed by atoms with Gasteiger partial charge in [-0.3, -0.25) is 4.98 Å². The van der Waals surface area contributed by atoms with Crippen LogP contribution in [0.25, 0.3) is 11.1 Å². The first-order valence-electron chi connectivity index (χ1n) is 5.16. The smallest absolute Gasteiger partial charge is 0.339 e. The summed E-state index contributed by atoms with van der Waals surface area (Å²) in [4.78, 5) is 14.8. The Morgan fingerprint density at radius 2 is 1.43 bits per heavy atom. The lowest BCUT2D eigenvalue weighted by Gasteiger charge is -2.14. The lowest BCUT2D eigenvalue weighted by molar-refractivity contribution is 0.0692. The number of nitrogens with zero attached hydrogens (tertiary/aromatic N) is 1. The molecule has 0 saturated heterocycles. The zero-order chi connectivity index (χ0) is 15.9. The molecular formula is C12H3Cl5FNO2. The van der Waals surface area contributed by atoms with E-state index in [2.05, 4.69) is 4.98 Å². The summed E-state index contributed by atoms with van der Waals surface area (Å²) < 4.78 is 13.7. The molecule has 0 aliphatic rings. The average Bonchev–Trinajstić information content (AvgIpc) is 2.43. The van der Waals surface area contributed by atoms with E-state index in [1.54, 1.807) is 0 Å². The third-order valence-corrected chi connectivity index (χ3v) is 4.87. The maximum atomic E-state index is 13.7. The van der Waals surface area contributed by atoms with Gasteiger partial charge < -0.3 is 5.11 Å². The van der Waals surface area contributed by atoms with E-state index in [0.717, 1.165) is 12.4 Å². The van der Waals surface area contributed by atoms with E-state index in [4.69, 9.17) is 63.1 Å². The van der Waals surface area contributed by atoms with Crippen LogP contribution in [0.15, 0.2) is 12.4 Å². The fourth-order valence-electron chi connectivity index (χ4n) is 1.68. The maximum Gasteiger partial charge on any atom is 0.339 e. The molecule has 1 heterocycles. The highest BCUT2D eigenvalue weighted by Crippen LogP contribution is 2.48. The number of carbonyl (C=O) groups is 1. The Bertz CT molecular complexity index is 737. The molecule has 110 valence electrons. The van der Waals surface area contributed by atoms with E-state index in [1.807, 2.05) is 0 Å². The summed E-state index contributed by atoms with van der Waals surface area (Å²) in [6, 6.07) is 0. The van der Waals surface area contributed by atoms with Crippen LogP contribution in [0.2, 0.25) is 25.1 Å². The van der Waals surface area contributed by atoms with Crippen LogP contribution in [0.5, 0.6) is 0 Å². The molecule has 0 radical (unpaired) electrons. The largest absolute Gasteiger partial charge is 0.478 e. The van der Waals surface area contributed by atoms with Crippen molar-refractivity contribution in [1.29, 1.82) is 0 Å². The van der Waals surface area contributed by atoms with Crippen molar-refractivity contribution in [2.45, 2.75) is 0 Å².